The summed E-state index contributed by atoms with van der Waals surface area (Å²) in [7, 11) is 0. The van der Waals surface area contributed by atoms with Gasteiger partial charge in [-0.15, -0.1) is 0 Å². The van der Waals surface area contributed by atoms with Crippen LogP contribution in [-0.2, 0) is 13.2 Å². The molecule has 28 heavy (non-hydrogen) atoms. The van der Waals surface area contributed by atoms with Gasteiger partial charge in [0.1, 0.15) is 12.4 Å². The Morgan fingerprint density at radius 1 is 0.714 bits per heavy atom. The van der Waals surface area contributed by atoms with E-state index < -0.39 is 0 Å². The van der Waals surface area contributed by atoms with E-state index in [1.165, 1.54) is 10.8 Å². The molecule has 0 spiro atoms. The fraction of sp³-hybridized carbons (Fsp3) is 0.0833. The van der Waals surface area contributed by atoms with Crippen molar-refractivity contribution in [2.45, 2.75) is 13.2 Å². The maximum absolute atomic E-state index is 6.22. The summed E-state index contributed by atoms with van der Waals surface area (Å²) in [6, 6.07) is 29.1. The summed E-state index contributed by atoms with van der Waals surface area (Å²) < 4.78 is 8.36. The highest BCUT2D eigenvalue weighted by Gasteiger charge is 2.09. The highest BCUT2D eigenvalue weighted by atomic mass is 79.9. The van der Waals surface area contributed by atoms with Crippen molar-refractivity contribution in [3.63, 3.8) is 0 Å². The molecule has 0 atom stereocenters. The fourth-order valence-corrected chi connectivity index (χ4v) is 3.66. The van der Waals surface area contributed by atoms with Crippen molar-refractivity contribution in [2.24, 2.45) is 0 Å². The van der Waals surface area contributed by atoms with Crippen LogP contribution in [0.15, 0.2) is 93.9 Å². The summed E-state index contributed by atoms with van der Waals surface area (Å²) in [6.07, 6.45) is 0. The van der Waals surface area contributed by atoms with Crippen LogP contribution >= 0.6 is 31.9 Å². The third kappa shape index (κ3) is 4.57. The Morgan fingerprint density at radius 2 is 1.39 bits per heavy atom. The molecule has 0 heterocycles. The van der Waals surface area contributed by atoms with Gasteiger partial charge in [0.25, 0.3) is 0 Å². The second kappa shape index (κ2) is 8.80. The van der Waals surface area contributed by atoms with Gasteiger partial charge >= 0.3 is 0 Å². The van der Waals surface area contributed by atoms with Crippen LogP contribution < -0.4 is 10.1 Å². The zero-order chi connectivity index (χ0) is 19.3. The van der Waals surface area contributed by atoms with Crippen LogP contribution in [0.25, 0.3) is 10.8 Å². The molecule has 0 saturated heterocycles. The smallest absolute Gasteiger partial charge is 0.125 e. The molecular formula is C24H19Br2NO. The van der Waals surface area contributed by atoms with Gasteiger partial charge in [-0.3, -0.25) is 0 Å². The van der Waals surface area contributed by atoms with Gasteiger partial charge < -0.3 is 10.1 Å². The summed E-state index contributed by atoms with van der Waals surface area (Å²) in [5.74, 6) is 0.909. The number of nitrogens with one attached hydrogen (secondary N) is 1. The van der Waals surface area contributed by atoms with Gasteiger partial charge in [0.2, 0.25) is 0 Å². The Bertz CT molecular complexity index is 1080. The number of anilines is 1. The van der Waals surface area contributed by atoms with Gasteiger partial charge in [0, 0.05) is 26.7 Å². The first-order valence-electron chi connectivity index (χ1n) is 9.06. The first kappa shape index (κ1) is 19.0. The van der Waals surface area contributed by atoms with Gasteiger partial charge in [-0.1, -0.05) is 74.3 Å². The van der Waals surface area contributed by atoms with E-state index in [1.54, 1.807) is 0 Å². The topological polar surface area (TPSA) is 21.3 Å². The van der Waals surface area contributed by atoms with Crippen LogP contribution in [0.3, 0.4) is 0 Å². The van der Waals surface area contributed by atoms with E-state index in [0.717, 1.165) is 31.5 Å². The molecule has 4 aromatic carbocycles. The van der Waals surface area contributed by atoms with Crippen LogP contribution in [0.2, 0.25) is 0 Å². The van der Waals surface area contributed by atoms with E-state index in [9.17, 15) is 0 Å². The normalized spacial score (nSPS) is 10.8. The molecule has 0 saturated carbocycles. The minimum atomic E-state index is 0.539. The first-order chi connectivity index (χ1) is 13.7. The molecule has 2 nitrogen and oxygen atoms in total. The molecule has 0 unspecified atom stereocenters. The van der Waals surface area contributed by atoms with Crippen molar-refractivity contribution < 1.29 is 4.74 Å². The average Bonchev–Trinajstić information content (AvgIpc) is 2.73. The molecule has 0 fully saturated rings. The molecule has 0 aliphatic rings. The summed E-state index contributed by atoms with van der Waals surface area (Å²) in [6.45, 7) is 1.23. The lowest BCUT2D eigenvalue weighted by atomic mass is 10.0. The molecule has 4 heteroatoms. The van der Waals surface area contributed by atoms with Crippen molar-refractivity contribution in [1.82, 2.24) is 0 Å². The van der Waals surface area contributed by atoms with Crippen LogP contribution in [0, 0.1) is 0 Å². The fourth-order valence-electron chi connectivity index (χ4n) is 3.13. The van der Waals surface area contributed by atoms with E-state index in [1.807, 2.05) is 24.3 Å². The summed E-state index contributed by atoms with van der Waals surface area (Å²) in [4.78, 5) is 0. The Hall–Kier alpha value is -2.30. The van der Waals surface area contributed by atoms with Crippen LogP contribution in [0.5, 0.6) is 5.75 Å². The highest BCUT2D eigenvalue weighted by Crippen LogP contribution is 2.30. The maximum atomic E-state index is 6.22. The molecule has 0 aliphatic heterocycles. The van der Waals surface area contributed by atoms with Crippen LogP contribution in [-0.4, -0.2) is 0 Å². The van der Waals surface area contributed by atoms with Crippen LogP contribution in [0.1, 0.15) is 11.1 Å². The largest absolute Gasteiger partial charge is 0.489 e. The SMILES string of the molecule is Brc1ccc(COc2ccc3ccccc3c2CNc2ccc(Br)cc2)cc1. The van der Waals surface area contributed by atoms with E-state index in [0.29, 0.717) is 13.2 Å². The molecule has 0 aromatic heterocycles. The molecule has 0 bridgehead atoms. The van der Waals surface area contributed by atoms with Gasteiger partial charge in [0.05, 0.1) is 0 Å². The van der Waals surface area contributed by atoms with Crippen LogP contribution in [0.4, 0.5) is 5.69 Å². The number of halogens is 2. The van der Waals surface area contributed by atoms with Crippen molar-refractivity contribution >= 4 is 48.3 Å². The molecule has 1 N–H and O–H groups in total. The molecule has 140 valence electrons. The predicted octanol–water partition coefficient (Wildman–Crippen LogP) is 7.56. The minimum Gasteiger partial charge on any atom is -0.489 e. The van der Waals surface area contributed by atoms with E-state index in [2.05, 4.69) is 97.8 Å². The Kier molecular flexibility index (Phi) is 5.98. The van der Waals surface area contributed by atoms with Gasteiger partial charge in [-0.2, -0.15) is 0 Å². The lowest BCUT2D eigenvalue weighted by Crippen LogP contribution is -2.04. The third-order valence-electron chi connectivity index (χ3n) is 4.62. The number of ether oxygens (including phenoxy) is 1. The van der Waals surface area contributed by atoms with Crippen molar-refractivity contribution in [3.05, 3.63) is 105 Å². The van der Waals surface area contributed by atoms with Gasteiger partial charge in [-0.05, 0) is 58.8 Å². The molecule has 0 aliphatic carbocycles. The zero-order valence-electron chi connectivity index (χ0n) is 15.2. The monoisotopic (exact) mass is 495 g/mol. The number of hydrogen-bond acceptors (Lipinski definition) is 2. The second-order valence-corrected chi connectivity index (χ2v) is 8.37. The van der Waals surface area contributed by atoms with Gasteiger partial charge in [0.15, 0.2) is 0 Å². The maximum Gasteiger partial charge on any atom is 0.125 e. The van der Waals surface area contributed by atoms with Crippen molar-refractivity contribution in [2.75, 3.05) is 5.32 Å². The van der Waals surface area contributed by atoms with Crippen molar-refractivity contribution in [3.8, 4) is 5.75 Å². The molecule has 4 rings (SSSR count). The second-order valence-electron chi connectivity index (χ2n) is 6.54. The summed E-state index contributed by atoms with van der Waals surface area (Å²) in [5.41, 5.74) is 3.39. The number of fused-ring (bicyclic) bond motifs is 1. The lowest BCUT2D eigenvalue weighted by molar-refractivity contribution is 0.304. The summed E-state index contributed by atoms with van der Waals surface area (Å²) >= 11 is 6.96. The molecule has 4 aromatic rings. The zero-order valence-corrected chi connectivity index (χ0v) is 18.3. The predicted molar refractivity (Wildman–Crippen MR) is 124 cm³/mol. The number of rotatable bonds is 6. The third-order valence-corrected chi connectivity index (χ3v) is 5.68. The summed E-state index contributed by atoms with van der Waals surface area (Å²) in [5, 5.41) is 5.94. The average molecular weight is 497 g/mol. The van der Waals surface area contributed by atoms with E-state index in [-0.39, 0.29) is 0 Å². The molecule has 0 amide bonds. The van der Waals surface area contributed by atoms with E-state index >= 15 is 0 Å². The highest BCUT2D eigenvalue weighted by molar-refractivity contribution is 9.10. The Labute approximate surface area is 181 Å². The standard InChI is InChI=1S/C24H19Br2NO/c25-19-8-5-17(6-9-19)16-28-24-14-7-18-3-1-2-4-22(18)23(24)15-27-21-12-10-20(26)11-13-21/h1-14,27H,15-16H2. The quantitative estimate of drug-likeness (QED) is 0.297. The molecular weight excluding hydrogens is 478 g/mol. The first-order valence-corrected chi connectivity index (χ1v) is 10.6. The Morgan fingerprint density at radius 3 is 2.14 bits per heavy atom. The lowest BCUT2D eigenvalue weighted by Gasteiger charge is -2.16. The van der Waals surface area contributed by atoms with E-state index in [4.69, 9.17) is 4.74 Å². The number of hydrogen-bond donors (Lipinski definition) is 1. The Balaban J connectivity index is 1.60. The van der Waals surface area contributed by atoms with Gasteiger partial charge in [-0.25, -0.2) is 0 Å². The van der Waals surface area contributed by atoms with Crippen molar-refractivity contribution in [1.29, 1.82) is 0 Å². The molecule has 0 radical (unpaired) electrons. The minimum absolute atomic E-state index is 0.539. The number of benzene rings is 4.